The number of nitrogens with one attached hydrogen (secondary N) is 1. The molecule has 0 saturated heterocycles. The maximum absolute atomic E-state index is 13.6. The van der Waals surface area contributed by atoms with Crippen molar-refractivity contribution >= 4 is 29.0 Å². The van der Waals surface area contributed by atoms with Gasteiger partial charge in [-0.2, -0.15) is 13.2 Å². The monoisotopic (exact) mass is 532 g/mol. The van der Waals surface area contributed by atoms with Crippen LogP contribution in [0.25, 0.3) is 11.1 Å². The minimum atomic E-state index is -4.45. The van der Waals surface area contributed by atoms with Crippen LogP contribution in [0.15, 0.2) is 54.6 Å². The van der Waals surface area contributed by atoms with Crippen molar-refractivity contribution in [3.8, 4) is 16.9 Å². The first-order valence-corrected chi connectivity index (χ1v) is 12.8. The van der Waals surface area contributed by atoms with E-state index in [9.17, 15) is 22.8 Å². The summed E-state index contributed by atoms with van der Waals surface area (Å²) in [5, 5.41) is 2.81. The number of hydrogen-bond donors (Lipinski definition) is 1. The number of esters is 1. The summed E-state index contributed by atoms with van der Waals surface area (Å²) in [6.07, 6.45) is -3.08. The third-order valence-corrected chi connectivity index (χ3v) is 6.99. The number of halogens is 3. The molecule has 1 aliphatic heterocycles. The number of carbonyl (C=O) groups excluding carboxylic acids is 2. The van der Waals surface area contributed by atoms with E-state index in [1.165, 1.54) is 6.07 Å². The normalized spacial score (nSPS) is 12.8. The molecule has 2 aromatic carbocycles. The van der Waals surface area contributed by atoms with Crippen LogP contribution >= 0.6 is 11.3 Å². The zero-order valence-corrected chi connectivity index (χ0v) is 21.1. The van der Waals surface area contributed by atoms with Gasteiger partial charge in [-0.25, -0.2) is 4.79 Å². The van der Waals surface area contributed by atoms with Crippen LogP contribution in [0, 0.1) is 0 Å². The van der Waals surface area contributed by atoms with Crippen LogP contribution in [0.3, 0.4) is 0 Å². The Morgan fingerprint density at radius 3 is 2.62 bits per heavy atom. The van der Waals surface area contributed by atoms with Crippen molar-refractivity contribution in [1.82, 2.24) is 5.32 Å². The number of rotatable bonds is 9. The van der Waals surface area contributed by atoms with Crippen LogP contribution in [0.4, 0.5) is 23.7 Å². The minimum absolute atomic E-state index is 0.00400. The smallest absolute Gasteiger partial charge is 0.426 e. The molecule has 0 unspecified atom stereocenters. The number of hydrogen-bond acceptors (Lipinski definition) is 5. The van der Waals surface area contributed by atoms with E-state index < -0.39 is 11.1 Å². The summed E-state index contributed by atoms with van der Waals surface area (Å²) in [5.74, 6) is 0.239. The molecule has 0 fully saturated rings. The Bertz CT molecular complexity index is 1240. The first-order valence-electron chi connectivity index (χ1n) is 12.0. The fraction of sp³-hybridized carbons (Fsp3) is 0.333. The molecular formula is C27H27F3N2O4S. The molecule has 4 rings (SSSR count). The average Bonchev–Trinajstić information content (AvgIpc) is 3.50. The second kappa shape index (κ2) is 11.7. The minimum Gasteiger partial charge on any atom is -0.488 e. The summed E-state index contributed by atoms with van der Waals surface area (Å²) in [4.78, 5) is 25.4. The quantitative estimate of drug-likeness (QED) is 0.255. The molecule has 0 aliphatic carbocycles. The van der Waals surface area contributed by atoms with Gasteiger partial charge in [0.25, 0.3) is 0 Å². The van der Waals surface area contributed by atoms with Gasteiger partial charge in [-0.15, -0.1) is 11.3 Å². The molecule has 37 heavy (non-hydrogen) atoms. The summed E-state index contributed by atoms with van der Waals surface area (Å²) in [6, 6.07) is 15.1. The molecular weight excluding hydrogens is 505 g/mol. The Balaban J connectivity index is 1.37. The predicted molar refractivity (Wildman–Crippen MR) is 136 cm³/mol. The van der Waals surface area contributed by atoms with Gasteiger partial charge in [-0.1, -0.05) is 30.3 Å². The molecule has 1 N–H and O–H groups in total. The highest BCUT2D eigenvalue weighted by Crippen LogP contribution is 2.43. The molecule has 0 atom stereocenters. The number of thiophene rings is 1. The molecule has 3 aromatic rings. The zero-order valence-electron chi connectivity index (χ0n) is 20.3. The van der Waals surface area contributed by atoms with E-state index in [2.05, 4.69) is 5.32 Å². The molecule has 0 spiro atoms. The molecule has 2 heterocycles. The van der Waals surface area contributed by atoms with E-state index in [0.29, 0.717) is 60.1 Å². The van der Waals surface area contributed by atoms with Crippen molar-refractivity contribution in [2.75, 3.05) is 24.6 Å². The van der Waals surface area contributed by atoms with Crippen LogP contribution in [0.2, 0.25) is 0 Å². The van der Waals surface area contributed by atoms with E-state index in [-0.39, 0.29) is 30.6 Å². The molecule has 2 amide bonds. The Morgan fingerprint density at radius 2 is 1.89 bits per heavy atom. The van der Waals surface area contributed by atoms with E-state index >= 15 is 0 Å². The van der Waals surface area contributed by atoms with Crippen molar-refractivity contribution in [2.45, 2.75) is 39.0 Å². The maximum Gasteiger partial charge on any atom is 0.426 e. The second-order valence-electron chi connectivity index (χ2n) is 8.44. The SMILES string of the molecule is CCOC(=O)CCCNC(=O)N1CCc2cc(OCc3cc(-c4ccccc4)c(C(F)(F)F)s3)ccc21. The molecule has 10 heteroatoms. The molecule has 196 valence electrons. The fourth-order valence-corrected chi connectivity index (χ4v) is 5.11. The molecule has 0 radical (unpaired) electrons. The lowest BCUT2D eigenvalue weighted by atomic mass is 10.1. The van der Waals surface area contributed by atoms with E-state index in [4.69, 9.17) is 9.47 Å². The lowest BCUT2D eigenvalue weighted by Gasteiger charge is -2.18. The highest BCUT2D eigenvalue weighted by atomic mass is 32.1. The third-order valence-electron chi connectivity index (χ3n) is 5.84. The Labute approximate surface area is 217 Å². The standard InChI is InChI=1S/C27H27F3N2O4S/c1-2-35-24(33)9-6-13-31-26(34)32-14-12-19-15-20(10-11-23(19)32)36-17-21-16-22(18-7-4-3-5-8-18)25(37-21)27(28,29)30/h3-5,7-8,10-11,15-16H,2,6,9,12-14,17H2,1H3,(H,31,34). The largest absolute Gasteiger partial charge is 0.488 e. The van der Waals surface area contributed by atoms with Gasteiger partial charge in [0.15, 0.2) is 0 Å². The van der Waals surface area contributed by atoms with Gasteiger partial charge in [-0.3, -0.25) is 9.69 Å². The maximum atomic E-state index is 13.6. The number of alkyl halides is 3. The number of amides is 2. The van der Waals surface area contributed by atoms with Gasteiger partial charge in [0, 0.05) is 35.6 Å². The van der Waals surface area contributed by atoms with E-state index in [1.54, 1.807) is 54.3 Å². The van der Waals surface area contributed by atoms with Gasteiger partial charge in [0.2, 0.25) is 0 Å². The molecule has 1 aliphatic rings. The highest BCUT2D eigenvalue weighted by molar-refractivity contribution is 7.12. The van der Waals surface area contributed by atoms with Crippen molar-refractivity contribution in [3.05, 3.63) is 69.9 Å². The van der Waals surface area contributed by atoms with Crippen molar-refractivity contribution in [2.24, 2.45) is 0 Å². The zero-order chi connectivity index (χ0) is 26.4. The van der Waals surface area contributed by atoms with E-state index in [1.807, 2.05) is 6.07 Å². The van der Waals surface area contributed by atoms with Crippen molar-refractivity contribution < 1.29 is 32.2 Å². The highest BCUT2D eigenvalue weighted by Gasteiger charge is 2.36. The Morgan fingerprint density at radius 1 is 1.11 bits per heavy atom. The predicted octanol–water partition coefficient (Wildman–Crippen LogP) is 6.43. The van der Waals surface area contributed by atoms with Gasteiger partial charge in [-0.05, 0) is 55.2 Å². The summed E-state index contributed by atoms with van der Waals surface area (Å²) in [6.45, 7) is 2.94. The first kappa shape index (κ1) is 26.5. The van der Waals surface area contributed by atoms with Gasteiger partial charge < -0.3 is 14.8 Å². The third kappa shape index (κ3) is 6.62. The van der Waals surface area contributed by atoms with Crippen molar-refractivity contribution in [3.63, 3.8) is 0 Å². The number of urea groups is 1. The number of benzene rings is 2. The Kier molecular flexibility index (Phi) is 8.38. The van der Waals surface area contributed by atoms with Crippen LogP contribution in [0.1, 0.15) is 35.1 Å². The lowest BCUT2D eigenvalue weighted by molar-refractivity contribution is -0.143. The van der Waals surface area contributed by atoms with Crippen LogP contribution in [-0.4, -0.2) is 31.7 Å². The molecule has 0 bridgehead atoms. The number of carbonyl (C=O) groups is 2. The van der Waals surface area contributed by atoms with E-state index in [0.717, 1.165) is 11.3 Å². The molecule has 0 saturated carbocycles. The molecule has 1 aromatic heterocycles. The number of anilines is 1. The Hall–Kier alpha value is -3.53. The topological polar surface area (TPSA) is 67.9 Å². The van der Waals surface area contributed by atoms with Crippen LogP contribution in [0.5, 0.6) is 5.75 Å². The summed E-state index contributed by atoms with van der Waals surface area (Å²) in [7, 11) is 0. The summed E-state index contributed by atoms with van der Waals surface area (Å²) in [5.41, 5.74) is 2.34. The van der Waals surface area contributed by atoms with Crippen LogP contribution < -0.4 is 15.0 Å². The van der Waals surface area contributed by atoms with Gasteiger partial charge in [0.1, 0.15) is 17.2 Å². The molecule has 6 nitrogen and oxygen atoms in total. The van der Waals surface area contributed by atoms with Crippen LogP contribution in [-0.2, 0) is 28.7 Å². The van der Waals surface area contributed by atoms with Gasteiger partial charge in [0.05, 0.1) is 6.61 Å². The van der Waals surface area contributed by atoms with Crippen molar-refractivity contribution in [1.29, 1.82) is 0 Å². The number of fused-ring (bicyclic) bond motifs is 1. The van der Waals surface area contributed by atoms with Gasteiger partial charge >= 0.3 is 18.2 Å². The number of ether oxygens (including phenoxy) is 2. The fourth-order valence-electron chi connectivity index (χ4n) is 4.15. The lowest BCUT2D eigenvalue weighted by Crippen LogP contribution is -2.39. The average molecular weight is 533 g/mol. The number of nitrogens with zero attached hydrogens (tertiary/aromatic N) is 1. The summed E-state index contributed by atoms with van der Waals surface area (Å²) < 4.78 is 51.6. The first-order chi connectivity index (χ1) is 17.8. The summed E-state index contributed by atoms with van der Waals surface area (Å²) >= 11 is 0.684. The second-order valence-corrected chi connectivity index (χ2v) is 9.58.